The fourth-order valence-electron chi connectivity index (χ4n) is 4.93. The quantitative estimate of drug-likeness (QED) is 0.501. The standard InChI is InChI=1S/C25H30F2N2O5S2/c1-25(2)33-12-22(34-25)21-13-35-24(28-21)29-23(30)18(9-14-10-19(26)20(27)11-14)15-3-5-16(6-4-15)36(31,32)17-7-8-17/h3-6,13-14,17-20,22H,7-12H2,1-2H3,(H,28,29,30)/t14-,18-,19+,20-,22?/m1/s1. The lowest BCUT2D eigenvalue weighted by atomic mass is 9.87. The highest BCUT2D eigenvalue weighted by Gasteiger charge is 2.39. The number of sulfone groups is 1. The Labute approximate surface area is 213 Å². The average molecular weight is 541 g/mol. The van der Waals surface area contributed by atoms with Gasteiger partial charge in [0.2, 0.25) is 5.91 Å². The van der Waals surface area contributed by atoms with E-state index in [1.807, 2.05) is 13.8 Å². The molecule has 1 aliphatic heterocycles. The average Bonchev–Trinajstić information content (AvgIpc) is 3.39. The van der Waals surface area contributed by atoms with Crippen LogP contribution < -0.4 is 5.32 Å². The predicted molar refractivity (Wildman–Crippen MR) is 131 cm³/mol. The first-order chi connectivity index (χ1) is 17.0. The Balaban J connectivity index is 1.33. The van der Waals surface area contributed by atoms with Gasteiger partial charge in [-0.3, -0.25) is 4.79 Å². The van der Waals surface area contributed by atoms with Gasteiger partial charge >= 0.3 is 0 Å². The molecule has 1 amide bonds. The molecule has 1 unspecified atom stereocenters. The summed E-state index contributed by atoms with van der Waals surface area (Å²) in [5, 5.41) is 4.70. The zero-order valence-corrected chi connectivity index (χ0v) is 21.8. The van der Waals surface area contributed by atoms with E-state index in [1.165, 1.54) is 23.5 Å². The van der Waals surface area contributed by atoms with Gasteiger partial charge in [0, 0.05) is 5.38 Å². The minimum Gasteiger partial charge on any atom is -0.347 e. The monoisotopic (exact) mass is 540 g/mol. The van der Waals surface area contributed by atoms with Crippen LogP contribution in [-0.4, -0.2) is 49.3 Å². The zero-order chi connectivity index (χ0) is 25.7. The number of benzene rings is 1. The van der Waals surface area contributed by atoms with Gasteiger partial charge < -0.3 is 14.8 Å². The molecule has 0 radical (unpaired) electrons. The van der Waals surface area contributed by atoms with Crippen molar-refractivity contribution >= 4 is 32.2 Å². The summed E-state index contributed by atoms with van der Waals surface area (Å²) < 4.78 is 64.3. The minimum absolute atomic E-state index is 0.0648. The number of anilines is 1. The largest absolute Gasteiger partial charge is 0.347 e. The number of halogens is 2. The molecular formula is C25H30F2N2O5S2. The molecule has 2 saturated carbocycles. The molecule has 7 nitrogen and oxygen atoms in total. The van der Waals surface area contributed by atoms with Crippen molar-refractivity contribution < 1.29 is 31.5 Å². The molecule has 1 saturated heterocycles. The highest BCUT2D eigenvalue weighted by atomic mass is 32.2. The number of nitrogens with one attached hydrogen (secondary N) is 1. The smallest absolute Gasteiger partial charge is 0.233 e. The molecule has 2 aromatic rings. The van der Waals surface area contributed by atoms with Crippen LogP contribution in [0.2, 0.25) is 0 Å². The fourth-order valence-corrected chi connectivity index (χ4v) is 7.34. The number of amides is 1. The second kappa shape index (κ2) is 9.74. The molecule has 196 valence electrons. The summed E-state index contributed by atoms with van der Waals surface area (Å²) in [6.07, 6.45) is -1.67. The van der Waals surface area contributed by atoms with Crippen LogP contribution in [0.4, 0.5) is 13.9 Å². The molecule has 5 atom stereocenters. The minimum atomic E-state index is -3.36. The van der Waals surface area contributed by atoms with E-state index in [1.54, 1.807) is 17.5 Å². The number of ether oxygens (including phenoxy) is 2. The summed E-state index contributed by atoms with van der Waals surface area (Å²) in [6, 6.07) is 6.31. The van der Waals surface area contributed by atoms with E-state index < -0.39 is 33.9 Å². The van der Waals surface area contributed by atoms with E-state index in [4.69, 9.17) is 9.47 Å². The van der Waals surface area contributed by atoms with Crippen LogP contribution in [0.5, 0.6) is 0 Å². The third-order valence-corrected chi connectivity index (χ3v) is 10.1. The molecule has 36 heavy (non-hydrogen) atoms. The summed E-state index contributed by atoms with van der Waals surface area (Å²) in [7, 11) is -3.36. The molecular weight excluding hydrogens is 510 g/mol. The third-order valence-electron chi connectivity index (χ3n) is 7.06. The Morgan fingerprint density at radius 1 is 1.19 bits per heavy atom. The van der Waals surface area contributed by atoms with Crippen LogP contribution in [0.25, 0.3) is 0 Å². The first-order valence-corrected chi connectivity index (χ1v) is 14.6. The summed E-state index contributed by atoms with van der Waals surface area (Å²) in [6.45, 7) is 4.00. The second-order valence-corrected chi connectivity index (χ2v) is 13.4. The van der Waals surface area contributed by atoms with E-state index in [9.17, 15) is 22.0 Å². The van der Waals surface area contributed by atoms with Crippen molar-refractivity contribution in [1.82, 2.24) is 4.98 Å². The first kappa shape index (κ1) is 25.7. The molecule has 0 spiro atoms. The van der Waals surface area contributed by atoms with Crippen LogP contribution in [0, 0.1) is 5.92 Å². The number of rotatable bonds is 8. The summed E-state index contributed by atoms with van der Waals surface area (Å²) in [5.74, 6) is -2.05. The van der Waals surface area contributed by atoms with E-state index in [0.29, 0.717) is 35.8 Å². The molecule has 3 fully saturated rings. The van der Waals surface area contributed by atoms with Crippen molar-refractivity contribution in [2.75, 3.05) is 11.9 Å². The van der Waals surface area contributed by atoms with E-state index in [2.05, 4.69) is 10.3 Å². The van der Waals surface area contributed by atoms with Gasteiger partial charge in [0.15, 0.2) is 20.8 Å². The van der Waals surface area contributed by atoms with Gasteiger partial charge in [0.05, 0.1) is 28.4 Å². The van der Waals surface area contributed by atoms with Gasteiger partial charge in [-0.1, -0.05) is 12.1 Å². The maximum absolute atomic E-state index is 13.9. The Kier molecular flexibility index (Phi) is 6.95. The molecule has 0 bridgehead atoms. The Morgan fingerprint density at radius 2 is 1.86 bits per heavy atom. The van der Waals surface area contributed by atoms with Crippen LogP contribution >= 0.6 is 11.3 Å². The van der Waals surface area contributed by atoms with Crippen molar-refractivity contribution in [3.05, 3.63) is 40.9 Å². The number of hydrogen-bond acceptors (Lipinski definition) is 7. The van der Waals surface area contributed by atoms with Gasteiger partial charge in [0.1, 0.15) is 18.4 Å². The van der Waals surface area contributed by atoms with Crippen molar-refractivity contribution in [3.63, 3.8) is 0 Å². The molecule has 5 rings (SSSR count). The number of hydrogen-bond donors (Lipinski definition) is 1. The Morgan fingerprint density at radius 3 is 2.44 bits per heavy atom. The second-order valence-electron chi connectivity index (χ2n) is 10.4. The van der Waals surface area contributed by atoms with Crippen molar-refractivity contribution in [3.8, 4) is 0 Å². The maximum Gasteiger partial charge on any atom is 0.233 e. The molecule has 2 heterocycles. The summed E-state index contributed by atoms with van der Waals surface area (Å²) in [5.41, 5.74) is 1.26. The van der Waals surface area contributed by atoms with Gasteiger partial charge in [-0.2, -0.15) is 0 Å². The van der Waals surface area contributed by atoms with Crippen molar-refractivity contribution in [1.29, 1.82) is 0 Å². The van der Waals surface area contributed by atoms with Crippen molar-refractivity contribution in [2.45, 2.75) is 86.2 Å². The van der Waals surface area contributed by atoms with Gasteiger partial charge in [0.25, 0.3) is 0 Å². The number of alkyl halides is 2. The van der Waals surface area contributed by atoms with Crippen LogP contribution in [0.1, 0.15) is 69.2 Å². The summed E-state index contributed by atoms with van der Waals surface area (Å²) in [4.78, 5) is 18.1. The number of thiazole rings is 1. The lowest BCUT2D eigenvalue weighted by Gasteiger charge is -2.20. The van der Waals surface area contributed by atoms with Gasteiger partial charge in [-0.25, -0.2) is 22.2 Å². The molecule has 1 N–H and O–H groups in total. The van der Waals surface area contributed by atoms with Crippen LogP contribution in [0.15, 0.2) is 34.5 Å². The lowest BCUT2D eigenvalue weighted by Crippen LogP contribution is -2.23. The maximum atomic E-state index is 13.9. The number of nitrogens with zero attached hydrogens (tertiary/aromatic N) is 1. The summed E-state index contributed by atoms with van der Waals surface area (Å²) >= 11 is 1.26. The first-order valence-electron chi connectivity index (χ1n) is 12.2. The zero-order valence-electron chi connectivity index (χ0n) is 20.2. The Hall–Kier alpha value is -1.95. The highest BCUT2D eigenvalue weighted by Crippen LogP contribution is 2.39. The van der Waals surface area contributed by atoms with Crippen LogP contribution in [-0.2, 0) is 24.1 Å². The molecule has 2 aliphatic carbocycles. The number of carbonyl (C=O) groups excluding carboxylic acids is 1. The van der Waals surface area contributed by atoms with E-state index in [0.717, 1.165) is 0 Å². The topological polar surface area (TPSA) is 94.6 Å². The van der Waals surface area contributed by atoms with E-state index >= 15 is 0 Å². The van der Waals surface area contributed by atoms with Gasteiger partial charge in [-0.15, -0.1) is 11.3 Å². The van der Waals surface area contributed by atoms with Crippen molar-refractivity contribution in [2.24, 2.45) is 5.92 Å². The molecule has 11 heteroatoms. The molecule has 1 aromatic heterocycles. The molecule has 3 aliphatic rings. The third kappa shape index (κ3) is 5.49. The normalized spacial score (nSPS) is 28.8. The number of aromatic nitrogens is 1. The predicted octanol–water partition coefficient (Wildman–Crippen LogP) is 5.10. The highest BCUT2D eigenvalue weighted by molar-refractivity contribution is 7.92. The lowest BCUT2D eigenvalue weighted by molar-refractivity contribution is -0.139. The van der Waals surface area contributed by atoms with Gasteiger partial charge in [-0.05, 0) is 69.6 Å². The SMILES string of the molecule is CC1(C)OCC(c2csc(NC(=O)[C@H](C[C@H]3C[C@@H](F)[C@@H](F)C3)c3ccc(S(=O)(=O)C4CC4)cc3)n2)O1. The molecule has 1 aromatic carbocycles. The number of carbonyl (C=O) groups is 1. The fraction of sp³-hybridized carbons (Fsp3) is 0.600. The van der Waals surface area contributed by atoms with E-state index in [-0.39, 0.29) is 47.3 Å². The Bertz CT molecular complexity index is 1200. The van der Waals surface area contributed by atoms with Crippen LogP contribution in [0.3, 0.4) is 0 Å².